The molecule has 2 fully saturated rings. The fourth-order valence-corrected chi connectivity index (χ4v) is 3.80. The Hall–Kier alpha value is -1.32. The van der Waals surface area contributed by atoms with Crippen LogP contribution in [0.4, 0.5) is 0 Å². The number of hydrogen-bond donors (Lipinski definition) is 1. The average Bonchev–Trinajstić information content (AvgIpc) is 2.98. The van der Waals surface area contributed by atoms with E-state index in [1.807, 2.05) is 20.8 Å². The van der Waals surface area contributed by atoms with Crippen molar-refractivity contribution in [2.24, 2.45) is 10.8 Å². The normalized spacial score (nSPS) is 32.1. The van der Waals surface area contributed by atoms with Crippen molar-refractivity contribution >= 4 is 11.9 Å². The summed E-state index contributed by atoms with van der Waals surface area (Å²) in [6.07, 6.45) is 7.19. The van der Waals surface area contributed by atoms with Crippen molar-refractivity contribution in [3.63, 3.8) is 0 Å². The molecule has 0 aromatic heterocycles. The molecule has 0 heterocycles. The lowest BCUT2D eigenvalue weighted by Gasteiger charge is -2.38. The molecule has 118 valence electrons. The van der Waals surface area contributed by atoms with E-state index in [9.17, 15) is 9.59 Å². The maximum Gasteiger partial charge on any atom is 0.330 e. The standard InChI is InChI=1S/C17H27NO3/c1-5-14(19)21-13-9-7-11-17(13)10-6-8-12(17)18-15(20)16(2,3)4/h5,12-13H,1,6-11H2,2-4H3,(H,18,20)/t12-,13-,17-/m1/s1. The zero-order chi connectivity index (χ0) is 15.7. The van der Waals surface area contributed by atoms with Crippen LogP contribution in [-0.4, -0.2) is 24.0 Å². The predicted octanol–water partition coefficient (Wildman–Crippen LogP) is 2.97. The van der Waals surface area contributed by atoms with Gasteiger partial charge < -0.3 is 10.1 Å². The zero-order valence-electron chi connectivity index (χ0n) is 13.4. The Morgan fingerprint density at radius 2 is 1.86 bits per heavy atom. The lowest BCUT2D eigenvalue weighted by molar-refractivity contribution is -0.149. The van der Waals surface area contributed by atoms with Gasteiger partial charge in [0.05, 0.1) is 0 Å². The van der Waals surface area contributed by atoms with E-state index in [1.54, 1.807) is 0 Å². The van der Waals surface area contributed by atoms with Crippen molar-refractivity contribution in [3.05, 3.63) is 12.7 Å². The molecule has 0 bridgehead atoms. The van der Waals surface area contributed by atoms with Crippen molar-refractivity contribution in [3.8, 4) is 0 Å². The van der Waals surface area contributed by atoms with Gasteiger partial charge in [0.2, 0.25) is 5.91 Å². The lowest BCUT2D eigenvalue weighted by atomic mass is 9.78. The SMILES string of the molecule is C=CC(=O)O[C@@H]1CCC[C@@]12CCC[C@H]2NC(=O)C(C)(C)C. The number of carbonyl (C=O) groups is 2. The highest BCUT2D eigenvalue weighted by molar-refractivity contribution is 5.82. The highest BCUT2D eigenvalue weighted by Gasteiger charge is 2.53. The highest BCUT2D eigenvalue weighted by atomic mass is 16.5. The summed E-state index contributed by atoms with van der Waals surface area (Å²) in [5.74, 6) is -0.274. The smallest absolute Gasteiger partial charge is 0.330 e. The van der Waals surface area contributed by atoms with Crippen LogP contribution in [-0.2, 0) is 14.3 Å². The van der Waals surface area contributed by atoms with Gasteiger partial charge in [-0.15, -0.1) is 0 Å². The van der Waals surface area contributed by atoms with Gasteiger partial charge in [-0.3, -0.25) is 4.79 Å². The minimum atomic E-state index is -0.393. The molecule has 4 nitrogen and oxygen atoms in total. The molecule has 4 heteroatoms. The molecule has 0 unspecified atom stereocenters. The van der Waals surface area contributed by atoms with Crippen LogP contribution in [0.5, 0.6) is 0 Å². The molecule has 2 rings (SSSR count). The molecular formula is C17H27NO3. The van der Waals surface area contributed by atoms with E-state index in [2.05, 4.69) is 11.9 Å². The van der Waals surface area contributed by atoms with Crippen LogP contribution in [0.1, 0.15) is 59.3 Å². The number of ether oxygens (including phenoxy) is 1. The van der Waals surface area contributed by atoms with E-state index in [1.165, 1.54) is 6.08 Å². The third-order valence-corrected chi connectivity index (χ3v) is 4.99. The van der Waals surface area contributed by atoms with Crippen LogP contribution in [0.2, 0.25) is 0 Å². The summed E-state index contributed by atoms with van der Waals surface area (Å²) in [6, 6.07) is 0.120. The molecule has 21 heavy (non-hydrogen) atoms. The summed E-state index contributed by atoms with van der Waals surface area (Å²) in [6.45, 7) is 9.25. The fourth-order valence-electron chi connectivity index (χ4n) is 3.80. The number of rotatable bonds is 3. The molecule has 2 aliphatic rings. The average molecular weight is 293 g/mol. The van der Waals surface area contributed by atoms with Crippen molar-refractivity contribution in [2.75, 3.05) is 0 Å². The summed E-state index contributed by atoms with van der Waals surface area (Å²) in [4.78, 5) is 23.9. The van der Waals surface area contributed by atoms with E-state index in [0.29, 0.717) is 0 Å². The van der Waals surface area contributed by atoms with Crippen molar-refractivity contribution < 1.29 is 14.3 Å². The molecule has 0 radical (unpaired) electrons. The van der Waals surface area contributed by atoms with E-state index in [0.717, 1.165) is 38.5 Å². The Morgan fingerprint density at radius 1 is 1.24 bits per heavy atom. The van der Waals surface area contributed by atoms with Gasteiger partial charge in [0, 0.05) is 22.9 Å². The molecule has 0 aromatic rings. The maximum absolute atomic E-state index is 12.3. The van der Waals surface area contributed by atoms with Gasteiger partial charge >= 0.3 is 5.97 Å². The van der Waals surface area contributed by atoms with Crippen LogP contribution in [0.3, 0.4) is 0 Å². The molecule has 2 aliphatic carbocycles. The molecule has 2 saturated carbocycles. The first kappa shape index (κ1) is 16.1. The van der Waals surface area contributed by atoms with Gasteiger partial charge in [-0.2, -0.15) is 0 Å². The molecule has 3 atom stereocenters. The van der Waals surface area contributed by atoms with Gasteiger partial charge in [0.25, 0.3) is 0 Å². The summed E-state index contributed by atoms with van der Waals surface area (Å²) >= 11 is 0. The summed E-state index contributed by atoms with van der Waals surface area (Å²) in [5.41, 5.74) is -0.463. The van der Waals surface area contributed by atoms with Crippen molar-refractivity contribution in [1.29, 1.82) is 0 Å². The Labute approximate surface area is 127 Å². The molecular weight excluding hydrogens is 266 g/mol. The second-order valence-electron chi connectivity index (χ2n) is 7.42. The maximum atomic E-state index is 12.3. The number of esters is 1. The van der Waals surface area contributed by atoms with Gasteiger partial charge in [0.1, 0.15) is 6.10 Å². The van der Waals surface area contributed by atoms with Crippen LogP contribution >= 0.6 is 0 Å². The number of nitrogens with one attached hydrogen (secondary N) is 1. The molecule has 1 spiro atoms. The van der Waals surface area contributed by atoms with E-state index < -0.39 is 5.41 Å². The Kier molecular flexibility index (Phi) is 4.45. The number of hydrogen-bond acceptors (Lipinski definition) is 3. The molecule has 1 N–H and O–H groups in total. The topological polar surface area (TPSA) is 55.4 Å². The fraction of sp³-hybridized carbons (Fsp3) is 0.765. The van der Waals surface area contributed by atoms with Crippen LogP contribution in [0.15, 0.2) is 12.7 Å². The first-order valence-corrected chi connectivity index (χ1v) is 7.93. The van der Waals surface area contributed by atoms with Gasteiger partial charge in [-0.25, -0.2) is 4.79 Å². The molecule has 0 aliphatic heterocycles. The van der Waals surface area contributed by atoms with Crippen LogP contribution in [0, 0.1) is 10.8 Å². The minimum Gasteiger partial charge on any atom is -0.459 e. The lowest BCUT2D eigenvalue weighted by Crippen LogP contribution is -2.51. The molecule has 0 saturated heterocycles. The van der Waals surface area contributed by atoms with E-state index in [4.69, 9.17) is 4.74 Å². The second kappa shape index (κ2) is 5.82. The van der Waals surface area contributed by atoms with E-state index >= 15 is 0 Å². The first-order chi connectivity index (χ1) is 9.79. The largest absolute Gasteiger partial charge is 0.459 e. The third kappa shape index (κ3) is 3.14. The summed E-state index contributed by atoms with van der Waals surface area (Å²) in [7, 11) is 0. The zero-order valence-corrected chi connectivity index (χ0v) is 13.4. The number of amides is 1. The highest BCUT2D eigenvalue weighted by Crippen LogP contribution is 2.52. The Balaban J connectivity index is 2.13. The predicted molar refractivity (Wildman–Crippen MR) is 81.6 cm³/mol. The van der Waals surface area contributed by atoms with Gasteiger partial charge in [-0.05, 0) is 32.1 Å². The van der Waals surface area contributed by atoms with Crippen LogP contribution in [0.25, 0.3) is 0 Å². The third-order valence-electron chi connectivity index (χ3n) is 4.99. The molecule has 0 aromatic carbocycles. The van der Waals surface area contributed by atoms with Crippen LogP contribution < -0.4 is 5.32 Å². The number of carbonyl (C=O) groups excluding carboxylic acids is 2. The van der Waals surface area contributed by atoms with Gasteiger partial charge in [-0.1, -0.05) is 33.8 Å². The minimum absolute atomic E-state index is 0.0699. The second-order valence-corrected chi connectivity index (χ2v) is 7.42. The Morgan fingerprint density at radius 3 is 2.43 bits per heavy atom. The monoisotopic (exact) mass is 293 g/mol. The summed E-state index contributed by atoms with van der Waals surface area (Å²) in [5, 5.41) is 3.22. The van der Waals surface area contributed by atoms with E-state index in [-0.39, 0.29) is 29.4 Å². The van der Waals surface area contributed by atoms with Crippen molar-refractivity contribution in [1.82, 2.24) is 5.32 Å². The quantitative estimate of drug-likeness (QED) is 0.643. The van der Waals surface area contributed by atoms with Gasteiger partial charge in [0.15, 0.2) is 0 Å². The summed E-state index contributed by atoms with van der Waals surface area (Å²) < 4.78 is 5.59. The molecule has 1 amide bonds. The Bertz CT molecular complexity index is 434. The van der Waals surface area contributed by atoms with Crippen molar-refractivity contribution in [2.45, 2.75) is 71.4 Å². The first-order valence-electron chi connectivity index (χ1n) is 7.93.